The predicted molar refractivity (Wildman–Crippen MR) is 65.0 cm³/mol. The number of rotatable bonds is 3. The minimum atomic E-state index is -3.44. The summed E-state index contributed by atoms with van der Waals surface area (Å²) in [4.78, 5) is 11.1. The predicted octanol–water partition coefficient (Wildman–Crippen LogP) is 0.634. The Balaban J connectivity index is 2.20. The third-order valence-corrected chi connectivity index (χ3v) is 6.11. The highest BCUT2D eigenvalue weighted by molar-refractivity contribution is 7.91. The summed E-state index contributed by atoms with van der Waals surface area (Å²) in [5.74, 6) is -0.783. The van der Waals surface area contributed by atoms with Gasteiger partial charge in [-0.3, -0.25) is 4.79 Å². The van der Waals surface area contributed by atoms with Crippen LogP contribution in [0.5, 0.6) is 0 Å². The van der Waals surface area contributed by atoms with Crippen LogP contribution in [0.4, 0.5) is 0 Å². The number of sulfonamides is 1. The van der Waals surface area contributed by atoms with E-state index in [0.29, 0.717) is 23.6 Å². The first-order valence-electron chi connectivity index (χ1n) is 5.35. The third-order valence-electron chi connectivity index (χ3n) is 2.88. The average molecular weight is 274 g/mol. The number of hydrogen-bond acceptors (Lipinski definition) is 4. The zero-order valence-electron chi connectivity index (χ0n) is 9.20. The van der Waals surface area contributed by atoms with Gasteiger partial charge in [-0.25, -0.2) is 8.42 Å². The number of amides is 1. The van der Waals surface area contributed by atoms with Crippen molar-refractivity contribution >= 4 is 27.3 Å². The van der Waals surface area contributed by atoms with Crippen LogP contribution in [0, 0.1) is 5.92 Å². The Hall–Kier alpha value is -0.920. The fraction of sp³-hybridized carbons (Fsp3) is 0.500. The second-order valence-electron chi connectivity index (χ2n) is 4.04. The molecule has 0 spiro atoms. The molecule has 2 heterocycles. The van der Waals surface area contributed by atoms with Crippen LogP contribution in [-0.4, -0.2) is 31.7 Å². The Morgan fingerprint density at radius 3 is 2.88 bits per heavy atom. The maximum Gasteiger partial charge on any atom is 0.252 e. The second kappa shape index (κ2) is 4.75. The van der Waals surface area contributed by atoms with Gasteiger partial charge in [0.15, 0.2) is 0 Å². The van der Waals surface area contributed by atoms with Gasteiger partial charge in [-0.05, 0) is 24.3 Å². The molecule has 2 N–H and O–H groups in total. The van der Waals surface area contributed by atoms with E-state index in [9.17, 15) is 13.2 Å². The summed E-state index contributed by atoms with van der Waals surface area (Å²) in [6.07, 6.45) is 1.35. The smallest absolute Gasteiger partial charge is 0.252 e. The van der Waals surface area contributed by atoms with Gasteiger partial charge in [0.2, 0.25) is 5.91 Å². The minimum absolute atomic E-state index is 0.204. The quantitative estimate of drug-likeness (QED) is 0.878. The lowest BCUT2D eigenvalue weighted by atomic mass is 9.99. The highest BCUT2D eigenvalue weighted by atomic mass is 32.2. The molecule has 1 aromatic rings. The summed E-state index contributed by atoms with van der Waals surface area (Å²) in [5.41, 5.74) is 5.23. The normalized spacial score (nSPS) is 22.5. The molecule has 1 saturated heterocycles. The van der Waals surface area contributed by atoms with Gasteiger partial charge in [0.1, 0.15) is 4.21 Å². The molecule has 7 heteroatoms. The van der Waals surface area contributed by atoms with Gasteiger partial charge in [0, 0.05) is 13.1 Å². The highest BCUT2D eigenvalue weighted by Gasteiger charge is 2.32. The van der Waals surface area contributed by atoms with Crippen molar-refractivity contribution in [2.75, 3.05) is 13.1 Å². The zero-order chi connectivity index (χ0) is 12.5. The zero-order valence-corrected chi connectivity index (χ0v) is 10.8. The van der Waals surface area contributed by atoms with Crippen molar-refractivity contribution in [1.82, 2.24) is 4.31 Å². The van der Waals surface area contributed by atoms with Crippen molar-refractivity contribution in [3.05, 3.63) is 17.5 Å². The van der Waals surface area contributed by atoms with E-state index < -0.39 is 15.9 Å². The lowest BCUT2D eigenvalue weighted by molar-refractivity contribution is -0.122. The van der Waals surface area contributed by atoms with Crippen LogP contribution in [0.25, 0.3) is 0 Å². The number of hydrogen-bond donors (Lipinski definition) is 1. The van der Waals surface area contributed by atoms with Gasteiger partial charge < -0.3 is 5.73 Å². The molecule has 1 fully saturated rings. The molecule has 1 aliphatic heterocycles. The molecule has 94 valence electrons. The number of primary amides is 1. The van der Waals surface area contributed by atoms with Crippen LogP contribution < -0.4 is 5.73 Å². The molecule has 1 amide bonds. The molecular weight excluding hydrogens is 260 g/mol. The molecule has 0 aliphatic carbocycles. The first-order chi connectivity index (χ1) is 8.01. The standard InChI is InChI=1S/C10H14N2O3S2/c11-10(13)8-3-1-5-12(7-8)17(14,15)9-4-2-6-16-9/h2,4,6,8H,1,3,5,7H2,(H2,11,13)/t8-/m1/s1. The fourth-order valence-corrected chi connectivity index (χ4v) is 4.60. The number of thiophene rings is 1. The largest absolute Gasteiger partial charge is 0.369 e. The van der Waals surface area contributed by atoms with Crippen LogP contribution in [0.1, 0.15) is 12.8 Å². The van der Waals surface area contributed by atoms with E-state index in [1.807, 2.05) is 0 Å². The first-order valence-corrected chi connectivity index (χ1v) is 7.67. The fourth-order valence-electron chi connectivity index (χ4n) is 1.93. The van der Waals surface area contributed by atoms with Gasteiger partial charge in [-0.2, -0.15) is 4.31 Å². The summed E-state index contributed by atoms with van der Waals surface area (Å²) in [6.45, 7) is 0.666. The van der Waals surface area contributed by atoms with Gasteiger partial charge in [0.05, 0.1) is 5.92 Å². The van der Waals surface area contributed by atoms with Gasteiger partial charge >= 0.3 is 0 Å². The Kier molecular flexibility index (Phi) is 3.50. The van der Waals surface area contributed by atoms with E-state index >= 15 is 0 Å². The van der Waals surface area contributed by atoms with Crippen molar-refractivity contribution in [2.45, 2.75) is 17.1 Å². The van der Waals surface area contributed by atoms with Gasteiger partial charge in [0.25, 0.3) is 10.0 Å². The number of nitrogens with zero attached hydrogens (tertiary/aromatic N) is 1. The van der Waals surface area contributed by atoms with E-state index in [-0.39, 0.29) is 12.5 Å². The van der Waals surface area contributed by atoms with Crippen molar-refractivity contribution in [3.63, 3.8) is 0 Å². The summed E-state index contributed by atoms with van der Waals surface area (Å²) in [6, 6.07) is 3.28. The van der Waals surface area contributed by atoms with Crippen molar-refractivity contribution < 1.29 is 13.2 Å². The molecule has 5 nitrogen and oxygen atoms in total. The van der Waals surface area contributed by atoms with Gasteiger partial charge in [-0.15, -0.1) is 11.3 Å². The Labute approximate surface area is 104 Å². The van der Waals surface area contributed by atoms with Crippen LogP contribution >= 0.6 is 11.3 Å². The van der Waals surface area contributed by atoms with Crippen molar-refractivity contribution in [2.24, 2.45) is 11.7 Å². The molecule has 17 heavy (non-hydrogen) atoms. The summed E-state index contributed by atoms with van der Waals surface area (Å²) in [5, 5.41) is 1.72. The highest BCUT2D eigenvalue weighted by Crippen LogP contribution is 2.25. The van der Waals surface area contributed by atoms with E-state index in [1.165, 1.54) is 15.6 Å². The molecule has 1 aliphatic rings. The topological polar surface area (TPSA) is 80.5 Å². The third kappa shape index (κ3) is 2.51. The lowest BCUT2D eigenvalue weighted by Gasteiger charge is -2.29. The monoisotopic (exact) mass is 274 g/mol. The summed E-state index contributed by atoms with van der Waals surface area (Å²) < 4.78 is 26.1. The Morgan fingerprint density at radius 2 is 2.29 bits per heavy atom. The maximum atomic E-state index is 12.2. The SMILES string of the molecule is NC(=O)[C@@H]1CCCN(S(=O)(=O)c2cccs2)C1. The number of piperidine rings is 1. The molecule has 0 bridgehead atoms. The van der Waals surface area contributed by atoms with Crippen LogP contribution in [-0.2, 0) is 14.8 Å². The Bertz CT molecular complexity index is 496. The summed E-state index contributed by atoms with van der Waals surface area (Å²) >= 11 is 1.19. The second-order valence-corrected chi connectivity index (χ2v) is 7.15. The minimum Gasteiger partial charge on any atom is -0.369 e. The molecule has 0 saturated carbocycles. The van der Waals surface area contributed by atoms with Gasteiger partial charge in [-0.1, -0.05) is 6.07 Å². The maximum absolute atomic E-state index is 12.2. The summed E-state index contributed by atoms with van der Waals surface area (Å²) in [7, 11) is -3.44. The van der Waals surface area contributed by atoms with Crippen molar-refractivity contribution in [3.8, 4) is 0 Å². The molecule has 2 rings (SSSR count). The number of carbonyl (C=O) groups is 1. The lowest BCUT2D eigenvalue weighted by Crippen LogP contribution is -2.43. The average Bonchev–Trinajstić information content (AvgIpc) is 2.83. The van der Waals surface area contributed by atoms with Crippen molar-refractivity contribution in [1.29, 1.82) is 0 Å². The van der Waals surface area contributed by atoms with Crippen LogP contribution in [0.3, 0.4) is 0 Å². The molecule has 1 atom stereocenters. The molecule has 0 radical (unpaired) electrons. The van der Waals surface area contributed by atoms with Crippen LogP contribution in [0.15, 0.2) is 21.7 Å². The molecule has 0 unspecified atom stereocenters. The molecule has 1 aromatic heterocycles. The first kappa shape index (κ1) is 12.5. The molecule has 0 aromatic carbocycles. The van der Waals surface area contributed by atoms with E-state index in [2.05, 4.69) is 0 Å². The van der Waals surface area contributed by atoms with Crippen LogP contribution in [0.2, 0.25) is 0 Å². The van der Waals surface area contributed by atoms with E-state index in [0.717, 1.165) is 0 Å². The van der Waals surface area contributed by atoms with E-state index in [1.54, 1.807) is 17.5 Å². The number of carbonyl (C=O) groups excluding carboxylic acids is 1. The number of nitrogens with two attached hydrogens (primary N) is 1. The Morgan fingerprint density at radius 1 is 1.53 bits per heavy atom. The van der Waals surface area contributed by atoms with E-state index in [4.69, 9.17) is 5.73 Å². The molecular formula is C10H14N2O3S2.